The fraction of sp³-hybridized carbons (Fsp3) is 0.286. The van der Waals surface area contributed by atoms with E-state index < -0.39 is 11.7 Å². The molecule has 0 radical (unpaired) electrons. The van der Waals surface area contributed by atoms with E-state index in [-0.39, 0.29) is 12.2 Å². The molecule has 1 heterocycles. The van der Waals surface area contributed by atoms with Gasteiger partial charge in [-0.3, -0.25) is 4.98 Å². The molecule has 0 aliphatic heterocycles. The molecular formula is C7H6ClF3N2. The quantitative estimate of drug-likeness (QED) is 0.758. The SMILES string of the molecule is FC(F)(F)c1ccnc(CNCl)c1. The highest BCUT2D eigenvalue weighted by Gasteiger charge is 2.30. The second-order valence-corrected chi connectivity index (χ2v) is 2.61. The van der Waals surface area contributed by atoms with Gasteiger partial charge >= 0.3 is 6.18 Å². The van der Waals surface area contributed by atoms with Crippen LogP contribution in [0.15, 0.2) is 18.3 Å². The molecule has 0 aliphatic rings. The van der Waals surface area contributed by atoms with Crippen molar-refractivity contribution in [2.45, 2.75) is 12.7 Å². The molecule has 0 fully saturated rings. The van der Waals surface area contributed by atoms with Crippen LogP contribution >= 0.6 is 11.8 Å². The molecule has 6 heteroatoms. The predicted molar refractivity (Wildman–Crippen MR) is 41.9 cm³/mol. The van der Waals surface area contributed by atoms with Crippen molar-refractivity contribution in [3.63, 3.8) is 0 Å². The molecule has 0 aromatic carbocycles. The lowest BCUT2D eigenvalue weighted by molar-refractivity contribution is -0.137. The van der Waals surface area contributed by atoms with Crippen molar-refractivity contribution in [1.29, 1.82) is 0 Å². The fourth-order valence-electron chi connectivity index (χ4n) is 0.820. The van der Waals surface area contributed by atoms with Crippen LogP contribution < -0.4 is 4.84 Å². The first kappa shape index (κ1) is 10.3. The summed E-state index contributed by atoms with van der Waals surface area (Å²) in [4.78, 5) is 5.90. The number of nitrogens with zero attached hydrogens (tertiary/aromatic N) is 1. The zero-order valence-corrected chi connectivity index (χ0v) is 7.15. The van der Waals surface area contributed by atoms with Crippen LogP contribution in [-0.4, -0.2) is 4.98 Å². The fourth-order valence-corrected chi connectivity index (χ4v) is 0.957. The second-order valence-electron chi connectivity index (χ2n) is 2.34. The Morgan fingerprint density at radius 3 is 2.69 bits per heavy atom. The van der Waals surface area contributed by atoms with Crippen LogP contribution in [0.2, 0.25) is 0 Å². The average molecular weight is 211 g/mol. The third kappa shape index (κ3) is 2.86. The Balaban J connectivity index is 2.92. The number of nitrogens with one attached hydrogen (secondary N) is 1. The van der Waals surface area contributed by atoms with Gasteiger partial charge in [0.2, 0.25) is 0 Å². The summed E-state index contributed by atoms with van der Waals surface area (Å²) in [6, 6.07) is 1.87. The maximum Gasteiger partial charge on any atom is 0.416 e. The van der Waals surface area contributed by atoms with Crippen molar-refractivity contribution in [1.82, 2.24) is 9.82 Å². The molecule has 0 unspecified atom stereocenters. The predicted octanol–water partition coefficient (Wildman–Crippen LogP) is 2.34. The third-order valence-corrected chi connectivity index (χ3v) is 1.53. The largest absolute Gasteiger partial charge is 0.416 e. The van der Waals surface area contributed by atoms with E-state index >= 15 is 0 Å². The summed E-state index contributed by atoms with van der Waals surface area (Å²) in [5.74, 6) is 0. The molecule has 13 heavy (non-hydrogen) atoms. The van der Waals surface area contributed by atoms with Gasteiger partial charge in [-0.1, -0.05) is 0 Å². The Morgan fingerprint density at radius 1 is 1.46 bits per heavy atom. The van der Waals surface area contributed by atoms with Crippen LogP contribution in [-0.2, 0) is 12.7 Å². The van der Waals surface area contributed by atoms with Gasteiger partial charge in [0.05, 0.1) is 17.8 Å². The van der Waals surface area contributed by atoms with Gasteiger partial charge in [-0.2, -0.15) is 13.2 Å². The number of alkyl halides is 3. The van der Waals surface area contributed by atoms with Crippen molar-refractivity contribution in [2.24, 2.45) is 0 Å². The molecule has 0 saturated carbocycles. The zero-order chi connectivity index (χ0) is 9.90. The van der Waals surface area contributed by atoms with E-state index in [2.05, 4.69) is 9.82 Å². The molecule has 2 nitrogen and oxygen atoms in total. The Kier molecular flexibility index (Phi) is 3.11. The van der Waals surface area contributed by atoms with E-state index in [4.69, 9.17) is 11.8 Å². The lowest BCUT2D eigenvalue weighted by atomic mass is 10.2. The van der Waals surface area contributed by atoms with Gasteiger partial charge < -0.3 is 0 Å². The molecule has 72 valence electrons. The molecule has 0 aliphatic carbocycles. The van der Waals surface area contributed by atoms with Crippen molar-refractivity contribution in [3.05, 3.63) is 29.6 Å². The summed E-state index contributed by atoms with van der Waals surface area (Å²) < 4.78 is 36.4. The summed E-state index contributed by atoms with van der Waals surface area (Å²) in [6.45, 7) is 0.103. The lowest BCUT2D eigenvalue weighted by Crippen LogP contribution is -2.08. The van der Waals surface area contributed by atoms with Gasteiger partial charge in [0.1, 0.15) is 0 Å². The Labute approximate surface area is 77.8 Å². The average Bonchev–Trinajstić information content (AvgIpc) is 2.04. The first-order valence-corrected chi connectivity index (χ1v) is 3.77. The number of hydrogen-bond acceptors (Lipinski definition) is 2. The molecule has 1 rings (SSSR count). The van der Waals surface area contributed by atoms with Gasteiger partial charge in [0, 0.05) is 6.20 Å². The van der Waals surface area contributed by atoms with E-state index in [0.717, 1.165) is 18.3 Å². The smallest absolute Gasteiger partial charge is 0.260 e. The molecule has 0 atom stereocenters. The summed E-state index contributed by atoms with van der Waals surface area (Å²) in [5.41, 5.74) is -0.464. The van der Waals surface area contributed by atoms with Crippen LogP contribution in [0.25, 0.3) is 0 Å². The number of rotatable bonds is 2. The normalized spacial score (nSPS) is 11.7. The van der Waals surface area contributed by atoms with E-state index in [9.17, 15) is 13.2 Å². The highest BCUT2D eigenvalue weighted by Crippen LogP contribution is 2.28. The number of pyridine rings is 1. The first-order chi connectivity index (χ1) is 6.04. The lowest BCUT2D eigenvalue weighted by Gasteiger charge is -2.06. The standard InChI is InChI=1S/C7H6ClF3N2/c8-13-4-6-3-5(1-2-12-6)7(9,10)11/h1-3,13H,4H2. The summed E-state index contributed by atoms with van der Waals surface area (Å²) in [7, 11) is 0. The van der Waals surface area contributed by atoms with E-state index in [1.807, 2.05) is 0 Å². The molecule has 1 aromatic heterocycles. The van der Waals surface area contributed by atoms with Crippen LogP contribution in [0.5, 0.6) is 0 Å². The molecule has 0 spiro atoms. The van der Waals surface area contributed by atoms with Crippen LogP contribution in [0.1, 0.15) is 11.3 Å². The Hall–Kier alpha value is -0.810. The maximum absolute atomic E-state index is 12.1. The summed E-state index contributed by atoms with van der Waals surface area (Å²) in [5, 5.41) is 0. The van der Waals surface area contributed by atoms with Crippen LogP contribution in [0.4, 0.5) is 13.2 Å². The minimum atomic E-state index is -4.33. The Morgan fingerprint density at radius 2 is 2.15 bits per heavy atom. The monoisotopic (exact) mass is 210 g/mol. The number of aromatic nitrogens is 1. The summed E-state index contributed by atoms with van der Waals surface area (Å²) >= 11 is 5.13. The van der Waals surface area contributed by atoms with Crippen molar-refractivity contribution >= 4 is 11.8 Å². The minimum Gasteiger partial charge on any atom is -0.260 e. The topological polar surface area (TPSA) is 24.9 Å². The third-order valence-electron chi connectivity index (χ3n) is 1.39. The van der Waals surface area contributed by atoms with Crippen molar-refractivity contribution in [2.75, 3.05) is 0 Å². The highest BCUT2D eigenvalue weighted by molar-refractivity contribution is 6.13. The maximum atomic E-state index is 12.1. The van der Waals surface area contributed by atoms with Gasteiger partial charge in [-0.25, -0.2) is 4.84 Å². The Bertz CT molecular complexity index is 287. The van der Waals surface area contributed by atoms with Crippen LogP contribution in [0.3, 0.4) is 0 Å². The molecular weight excluding hydrogens is 205 g/mol. The number of hydrogen-bond donors (Lipinski definition) is 1. The molecule has 1 N–H and O–H groups in total. The van der Waals surface area contributed by atoms with Crippen molar-refractivity contribution < 1.29 is 13.2 Å². The van der Waals surface area contributed by atoms with Gasteiger partial charge in [0.25, 0.3) is 0 Å². The number of halogens is 4. The molecule has 1 aromatic rings. The summed E-state index contributed by atoms with van der Waals surface area (Å²) in [6.07, 6.45) is -3.23. The second kappa shape index (κ2) is 3.93. The zero-order valence-electron chi connectivity index (χ0n) is 6.40. The van der Waals surface area contributed by atoms with Crippen LogP contribution in [0, 0.1) is 0 Å². The van der Waals surface area contributed by atoms with E-state index in [0.29, 0.717) is 0 Å². The molecule has 0 bridgehead atoms. The van der Waals surface area contributed by atoms with Gasteiger partial charge in [-0.05, 0) is 23.9 Å². The molecule has 0 saturated heterocycles. The van der Waals surface area contributed by atoms with E-state index in [1.54, 1.807) is 0 Å². The highest BCUT2D eigenvalue weighted by atomic mass is 35.5. The first-order valence-electron chi connectivity index (χ1n) is 3.39. The minimum absolute atomic E-state index is 0.103. The molecule has 0 amide bonds. The van der Waals surface area contributed by atoms with Gasteiger partial charge in [0.15, 0.2) is 0 Å². The van der Waals surface area contributed by atoms with Gasteiger partial charge in [-0.15, -0.1) is 0 Å². The van der Waals surface area contributed by atoms with E-state index in [1.165, 1.54) is 0 Å². The van der Waals surface area contributed by atoms with Crippen molar-refractivity contribution in [3.8, 4) is 0 Å².